The molecule has 0 saturated carbocycles. The van der Waals surface area contributed by atoms with Gasteiger partial charge in [-0.05, 0) is 6.07 Å². The minimum absolute atomic E-state index is 0.654. The predicted octanol–water partition coefficient (Wildman–Crippen LogP) is 0.710. The Morgan fingerprint density at radius 1 is 1.00 bits per heavy atom. The second-order valence-corrected chi connectivity index (χ2v) is 3.15. The number of aromatic nitrogens is 4. The van der Waals surface area contributed by atoms with Crippen molar-refractivity contribution in [2.75, 3.05) is 13.1 Å². The first-order valence-electron chi connectivity index (χ1n) is 6.20. The second kappa shape index (κ2) is 11.8. The van der Waals surface area contributed by atoms with Crippen LogP contribution in [-0.4, -0.2) is 32.4 Å². The summed E-state index contributed by atoms with van der Waals surface area (Å²) in [5.74, 6) is 0. The summed E-state index contributed by atoms with van der Waals surface area (Å²) in [6.45, 7) is 7.00. The van der Waals surface area contributed by atoms with Crippen molar-refractivity contribution < 1.29 is 0 Å². The molecule has 0 saturated heterocycles. The highest BCUT2D eigenvalue weighted by Gasteiger charge is 1.82. The normalized spacial score (nSPS) is 8.89. The molecule has 2 aromatic rings. The van der Waals surface area contributed by atoms with Crippen LogP contribution in [0.1, 0.15) is 13.8 Å². The van der Waals surface area contributed by atoms with Gasteiger partial charge in [0.1, 0.15) is 0 Å². The molecule has 102 valence electrons. The van der Waals surface area contributed by atoms with Crippen molar-refractivity contribution in [2.45, 2.75) is 26.9 Å². The highest BCUT2D eigenvalue weighted by atomic mass is 15.3. The van der Waals surface area contributed by atoms with Crippen LogP contribution < -0.4 is 11.5 Å². The molecule has 0 bridgehead atoms. The average Bonchev–Trinajstić information content (AvgIpc) is 3.07. The fourth-order valence-electron chi connectivity index (χ4n) is 1.13. The Hall–Kier alpha value is -1.66. The van der Waals surface area contributed by atoms with Gasteiger partial charge in [-0.1, -0.05) is 13.8 Å². The third-order valence-corrected chi connectivity index (χ3v) is 1.86. The fraction of sp³-hybridized carbons (Fsp3) is 0.500. The summed E-state index contributed by atoms with van der Waals surface area (Å²) in [6.07, 6.45) is 9.04. The van der Waals surface area contributed by atoms with E-state index in [-0.39, 0.29) is 0 Å². The number of nitrogens with two attached hydrogens (primary N) is 2. The van der Waals surface area contributed by atoms with Crippen molar-refractivity contribution in [3.8, 4) is 0 Å². The van der Waals surface area contributed by atoms with E-state index in [4.69, 9.17) is 11.5 Å². The van der Waals surface area contributed by atoms with Crippen molar-refractivity contribution in [1.82, 2.24) is 19.3 Å². The quantitative estimate of drug-likeness (QED) is 0.839. The Morgan fingerprint density at radius 2 is 1.72 bits per heavy atom. The molecule has 0 aromatic carbocycles. The largest absolute Gasteiger partial charge is 0.336 e. The van der Waals surface area contributed by atoms with E-state index in [1.54, 1.807) is 23.4 Å². The lowest BCUT2D eigenvalue weighted by Crippen LogP contribution is -2.09. The van der Waals surface area contributed by atoms with E-state index in [0.717, 1.165) is 13.1 Å². The van der Waals surface area contributed by atoms with Gasteiger partial charge in [0, 0.05) is 44.4 Å². The molecule has 18 heavy (non-hydrogen) atoms. The summed E-state index contributed by atoms with van der Waals surface area (Å²) in [5, 5.41) is 3.94. The van der Waals surface area contributed by atoms with Gasteiger partial charge < -0.3 is 16.0 Å². The zero-order valence-electron chi connectivity index (χ0n) is 11.2. The molecule has 0 radical (unpaired) electrons. The highest BCUT2D eigenvalue weighted by Crippen LogP contribution is 1.81. The van der Waals surface area contributed by atoms with Gasteiger partial charge in [0.25, 0.3) is 0 Å². The lowest BCUT2D eigenvalue weighted by atomic mass is 10.6. The van der Waals surface area contributed by atoms with Gasteiger partial charge in [-0.25, -0.2) is 4.98 Å². The Bertz CT molecular complexity index is 304. The van der Waals surface area contributed by atoms with Crippen LogP contribution in [0.5, 0.6) is 0 Å². The molecule has 0 aliphatic rings. The Balaban J connectivity index is 0.000000283. The van der Waals surface area contributed by atoms with E-state index in [2.05, 4.69) is 10.1 Å². The van der Waals surface area contributed by atoms with E-state index >= 15 is 0 Å². The number of imidazole rings is 1. The van der Waals surface area contributed by atoms with E-state index in [9.17, 15) is 0 Å². The van der Waals surface area contributed by atoms with Crippen LogP contribution >= 0.6 is 0 Å². The minimum Gasteiger partial charge on any atom is -0.336 e. The summed E-state index contributed by atoms with van der Waals surface area (Å²) in [4.78, 5) is 3.85. The van der Waals surface area contributed by atoms with Gasteiger partial charge in [-0.3, -0.25) is 4.68 Å². The summed E-state index contributed by atoms with van der Waals surface area (Å²) in [5.41, 5.74) is 10.5. The second-order valence-electron chi connectivity index (χ2n) is 3.15. The maximum absolute atomic E-state index is 5.27. The van der Waals surface area contributed by atoms with Crippen LogP contribution in [0.4, 0.5) is 0 Å². The first-order valence-corrected chi connectivity index (χ1v) is 6.20. The lowest BCUT2D eigenvalue weighted by molar-refractivity contribution is 0.625. The van der Waals surface area contributed by atoms with Crippen LogP contribution in [0.2, 0.25) is 0 Å². The van der Waals surface area contributed by atoms with Gasteiger partial charge in [0.15, 0.2) is 0 Å². The molecule has 6 nitrogen and oxygen atoms in total. The molecule has 2 aromatic heterocycles. The van der Waals surface area contributed by atoms with Crippen LogP contribution in [0, 0.1) is 0 Å². The maximum atomic E-state index is 5.27. The summed E-state index contributed by atoms with van der Waals surface area (Å²) < 4.78 is 3.75. The zero-order valence-corrected chi connectivity index (χ0v) is 11.2. The molecule has 0 aliphatic carbocycles. The summed E-state index contributed by atoms with van der Waals surface area (Å²) >= 11 is 0. The number of hydrogen-bond acceptors (Lipinski definition) is 4. The smallest absolute Gasteiger partial charge is 0.0946 e. The summed E-state index contributed by atoms with van der Waals surface area (Å²) in [7, 11) is 0. The average molecular weight is 252 g/mol. The Kier molecular flexibility index (Phi) is 10.7. The molecule has 6 heteroatoms. The molecule has 0 amide bonds. The van der Waals surface area contributed by atoms with Gasteiger partial charge >= 0.3 is 0 Å². The molecule has 0 unspecified atom stereocenters. The molecule has 4 N–H and O–H groups in total. The lowest BCUT2D eigenvalue weighted by Gasteiger charge is -1.93. The van der Waals surface area contributed by atoms with Crippen LogP contribution in [0.3, 0.4) is 0 Å². The minimum atomic E-state index is 0.654. The maximum Gasteiger partial charge on any atom is 0.0946 e. The summed E-state index contributed by atoms with van der Waals surface area (Å²) in [6, 6.07) is 1.88. The predicted molar refractivity (Wildman–Crippen MR) is 73.9 cm³/mol. The van der Waals surface area contributed by atoms with Crippen molar-refractivity contribution >= 4 is 0 Å². The zero-order chi connectivity index (χ0) is 13.6. The number of rotatable bonds is 4. The molecule has 0 aliphatic heterocycles. The van der Waals surface area contributed by atoms with Gasteiger partial charge in [-0.15, -0.1) is 0 Å². The Labute approximate surface area is 109 Å². The van der Waals surface area contributed by atoms with Crippen LogP contribution in [-0.2, 0) is 13.1 Å². The molecular formula is C12H24N6. The third kappa shape index (κ3) is 7.59. The number of hydrogen-bond donors (Lipinski definition) is 2. The first-order chi connectivity index (χ1) is 8.86. The van der Waals surface area contributed by atoms with Gasteiger partial charge in [0.05, 0.1) is 12.9 Å². The van der Waals surface area contributed by atoms with E-state index < -0.39 is 0 Å². The molecular weight excluding hydrogens is 228 g/mol. The third-order valence-electron chi connectivity index (χ3n) is 1.86. The molecule has 2 rings (SSSR count). The van der Waals surface area contributed by atoms with Crippen LogP contribution in [0.15, 0.2) is 37.2 Å². The van der Waals surface area contributed by atoms with Gasteiger partial charge in [0.2, 0.25) is 0 Å². The molecule has 0 spiro atoms. The van der Waals surface area contributed by atoms with Crippen molar-refractivity contribution in [1.29, 1.82) is 0 Å². The van der Waals surface area contributed by atoms with Gasteiger partial charge in [-0.2, -0.15) is 5.10 Å². The van der Waals surface area contributed by atoms with Crippen molar-refractivity contribution in [2.24, 2.45) is 11.5 Å². The SMILES string of the molecule is CC.NCCn1cccn1.NCCn1ccnc1. The monoisotopic (exact) mass is 252 g/mol. The number of nitrogens with zero attached hydrogens (tertiary/aromatic N) is 4. The molecule has 2 heterocycles. The first kappa shape index (κ1) is 16.3. The van der Waals surface area contributed by atoms with E-state index in [1.807, 2.05) is 36.9 Å². The Morgan fingerprint density at radius 3 is 2.17 bits per heavy atom. The molecule has 0 fully saturated rings. The van der Waals surface area contributed by atoms with Crippen molar-refractivity contribution in [3.63, 3.8) is 0 Å². The topological polar surface area (TPSA) is 87.7 Å². The standard InChI is InChI=1S/2C5H9N3.C2H6/c6-1-3-8-4-2-7-5-8;6-2-5-8-4-1-3-7-8;1-2/h2,4-5H,1,3,6H2;1,3-4H,2,5-6H2;1-2H3. The fourth-order valence-corrected chi connectivity index (χ4v) is 1.13. The molecule has 0 atom stereocenters. The van der Waals surface area contributed by atoms with Crippen molar-refractivity contribution in [3.05, 3.63) is 37.2 Å². The van der Waals surface area contributed by atoms with E-state index in [1.165, 1.54) is 0 Å². The van der Waals surface area contributed by atoms with Crippen LogP contribution in [0.25, 0.3) is 0 Å². The van der Waals surface area contributed by atoms with E-state index in [0.29, 0.717) is 13.1 Å². The highest BCUT2D eigenvalue weighted by molar-refractivity contribution is 4.77.